The predicted molar refractivity (Wildman–Crippen MR) is 50.0 cm³/mol. The van der Waals surface area contributed by atoms with Gasteiger partial charge in [0.25, 0.3) is 0 Å². The summed E-state index contributed by atoms with van der Waals surface area (Å²) in [4.78, 5) is 4.08. The first-order valence-corrected chi connectivity index (χ1v) is 4.27. The summed E-state index contributed by atoms with van der Waals surface area (Å²) < 4.78 is 1.60. The number of rotatable bonds is 0. The first kappa shape index (κ1) is 7.13. The van der Waals surface area contributed by atoms with E-state index in [1.165, 1.54) is 11.3 Å². The molecule has 11 heavy (non-hydrogen) atoms. The topological polar surface area (TPSA) is 12.9 Å². The molecule has 2 rings (SSSR count). The second-order valence-electron chi connectivity index (χ2n) is 2.19. The summed E-state index contributed by atoms with van der Waals surface area (Å²) in [6.07, 6.45) is 0. The molecular weight excluding hydrogens is 176 g/mol. The monoisotopic (exact) mass is 179 g/mol. The molecule has 0 aliphatic rings. The molecule has 0 aliphatic heterocycles. The Kier molecular flexibility index (Phi) is 1.62. The molecule has 0 bridgehead atoms. The van der Waals surface area contributed by atoms with Gasteiger partial charge in [-0.15, -0.1) is 11.3 Å². The van der Waals surface area contributed by atoms with Crippen LogP contribution in [0, 0.1) is 0 Å². The Morgan fingerprint density at radius 2 is 2.27 bits per heavy atom. The molecule has 1 heterocycles. The van der Waals surface area contributed by atoms with Crippen molar-refractivity contribution < 1.29 is 0 Å². The molecule has 2 aromatic rings. The molecule has 0 aliphatic carbocycles. The maximum atomic E-state index is 5.70. The van der Waals surface area contributed by atoms with Crippen LogP contribution in [0.3, 0.4) is 0 Å². The van der Waals surface area contributed by atoms with Crippen molar-refractivity contribution in [3.8, 4) is 0 Å². The molecule has 1 aromatic carbocycles. The second kappa shape index (κ2) is 2.50. The summed E-state index contributed by atoms with van der Waals surface area (Å²) in [7, 11) is 5.57. The van der Waals surface area contributed by atoms with Crippen molar-refractivity contribution >= 4 is 46.5 Å². The zero-order chi connectivity index (χ0) is 7.84. The fourth-order valence-corrected chi connectivity index (χ4v) is 1.99. The molecule has 52 valence electrons. The molecule has 1 nitrogen and oxygen atoms in total. The molecule has 0 saturated heterocycles. The fourth-order valence-electron chi connectivity index (χ4n) is 0.913. The molecule has 0 saturated carbocycles. The number of aromatic nitrogens is 1. The normalized spacial score (nSPS) is 10.6. The summed E-state index contributed by atoms with van der Waals surface area (Å²) >= 11 is 7.14. The van der Waals surface area contributed by atoms with E-state index in [0.717, 1.165) is 15.7 Å². The third-order valence-corrected chi connectivity index (χ3v) is 2.51. The van der Waals surface area contributed by atoms with E-state index in [-0.39, 0.29) is 0 Å². The molecular formula is C7H3BClNS. The molecule has 1 aromatic heterocycles. The van der Waals surface area contributed by atoms with E-state index in [4.69, 9.17) is 19.4 Å². The summed E-state index contributed by atoms with van der Waals surface area (Å²) in [5.74, 6) is 0. The lowest BCUT2D eigenvalue weighted by Crippen LogP contribution is -1.98. The van der Waals surface area contributed by atoms with Gasteiger partial charge in [-0.25, -0.2) is 4.98 Å². The van der Waals surface area contributed by atoms with E-state index in [0.29, 0.717) is 4.47 Å². The summed E-state index contributed by atoms with van der Waals surface area (Å²) in [5.41, 5.74) is 1.66. The van der Waals surface area contributed by atoms with Gasteiger partial charge in [0.15, 0.2) is 4.47 Å². The molecule has 0 spiro atoms. The molecule has 0 unspecified atom stereocenters. The van der Waals surface area contributed by atoms with Gasteiger partial charge in [-0.2, -0.15) is 0 Å². The van der Waals surface area contributed by atoms with Crippen LogP contribution in [0.4, 0.5) is 0 Å². The van der Waals surface area contributed by atoms with Crippen molar-refractivity contribution in [1.29, 1.82) is 0 Å². The van der Waals surface area contributed by atoms with Crippen LogP contribution in [-0.4, -0.2) is 12.8 Å². The van der Waals surface area contributed by atoms with Crippen molar-refractivity contribution in [1.82, 2.24) is 4.98 Å². The van der Waals surface area contributed by atoms with Crippen LogP contribution in [0.5, 0.6) is 0 Å². The average Bonchev–Trinajstić information content (AvgIpc) is 2.27. The quantitative estimate of drug-likeness (QED) is 0.562. The molecule has 0 fully saturated rings. The highest BCUT2D eigenvalue weighted by molar-refractivity contribution is 7.22. The summed E-state index contributed by atoms with van der Waals surface area (Å²) in [5, 5.41) is 0. The van der Waals surface area contributed by atoms with Crippen LogP contribution in [0.25, 0.3) is 10.2 Å². The van der Waals surface area contributed by atoms with Crippen LogP contribution < -0.4 is 5.46 Å². The first-order valence-electron chi connectivity index (χ1n) is 3.07. The third kappa shape index (κ3) is 1.26. The van der Waals surface area contributed by atoms with Crippen LogP contribution in [0.1, 0.15) is 0 Å². The van der Waals surface area contributed by atoms with Gasteiger partial charge in [0.1, 0.15) is 7.85 Å². The van der Waals surface area contributed by atoms with E-state index >= 15 is 0 Å². The van der Waals surface area contributed by atoms with Gasteiger partial charge in [0.05, 0.1) is 10.2 Å². The Morgan fingerprint density at radius 1 is 1.45 bits per heavy atom. The fraction of sp³-hybridized carbons (Fsp3) is 0. The minimum Gasteiger partial charge on any atom is -0.225 e. The van der Waals surface area contributed by atoms with Gasteiger partial charge < -0.3 is 0 Å². The predicted octanol–water partition coefficient (Wildman–Crippen LogP) is 1.74. The lowest BCUT2D eigenvalue weighted by atomic mass is 9.97. The SMILES string of the molecule is [B]c1ccc2nc(Cl)sc2c1. The van der Waals surface area contributed by atoms with Crippen LogP contribution in [0.2, 0.25) is 4.47 Å². The zero-order valence-electron chi connectivity index (χ0n) is 5.54. The lowest BCUT2D eigenvalue weighted by molar-refractivity contribution is 1.50. The second-order valence-corrected chi connectivity index (χ2v) is 3.81. The van der Waals surface area contributed by atoms with Gasteiger partial charge in [-0.3, -0.25) is 0 Å². The molecule has 0 atom stereocenters. The van der Waals surface area contributed by atoms with Crippen molar-refractivity contribution in [2.24, 2.45) is 0 Å². The average molecular weight is 179 g/mol. The first-order chi connectivity index (χ1) is 5.25. The van der Waals surface area contributed by atoms with Crippen molar-refractivity contribution in [2.75, 3.05) is 0 Å². The Hall–Kier alpha value is -0.535. The number of hydrogen-bond acceptors (Lipinski definition) is 2. The molecule has 0 N–H and O–H groups in total. The Labute approximate surface area is 74.4 Å². The van der Waals surface area contributed by atoms with E-state index < -0.39 is 0 Å². The number of halogens is 1. The number of hydrogen-bond donors (Lipinski definition) is 0. The highest BCUT2D eigenvalue weighted by Crippen LogP contribution is 2.23. The van der Waals surface area contributed by atoms with Crippen molar-refractivity contribution in [3.63, 3.8) is 0 Å². The number of benzene rings is 1. The number of fused-ring (bicyclic) bond motifs is 1. The maximum Gasteiger partial charge on any atom is 0.184 e. The van der Waals surface area contributed by atoms with Gasteiger partial charge in [-0.05, 0) is 12.1 Å². The van der Waals surface area contributed by atoms with Crippen molar-refractivity contribution in [3.05, 3.63) is 22.7 Å². The third-order valence-electron chi connectivity index (χ3n) is 1.39. The summed E-state index contributed by atoms with van der Waals surface area (Å²) in [6.45, 7) is 0. The molecule has 2 radical (unpaired) electrons. The standard InChI is InChI=1S/C7H3BClNS/c8-4-1-2-5-6(3-4)11-7(9)10-5/h1-3H. The highest BCUT2D eigenvalue weighted by atomic mass is 35.5. The van der Waals surface area contributed by atoms with E-state index in [2.05, 4.69) is 4.98 Å². The highest BCUT2D eigenvalue weighted by Gasteiger charge is 1.99. The number of thiazole rings is 1. The van der Waals surface area contributed by atoms with Gasteiger partial charge in [0, 0.05) is 0 Å². The Bertz CT molecular complexity index is 398. The Balaban J connectivity index is 2.82. The molecule has 4 heteroatoms. The van der Waals surface area contributed by atoms with Crippen LogP contribution >= 0.6 is 22.9 Å². The minimum atomic E-state index is 0.561. The largest absolute Gasteiger partial charge is 0.225 e. The van der Waals surface area contributed by atoms with E-state index in [1.54, 1.807) is 0 Å². The van der Waals surface area contributed by atoms with Gasteiger partial charge >= 0.3 is 0 Å². The number of nitrogens with zero attached hydrogens (tertiary/aromatic N) is 1. The van der Waals surface area contributed by atoms with Gasteiger partial charge in [-0.1, -0.05) is 23.1 Å². The smallest absolute Gasteiger partial charge is 0.184 e. The summed E-state index contributed by atoms with van der Waals surface area (Å²) in [6, 6.07) is 5.56. The van der Waals surface area contributed by atoms with Crippen LogP contribution in [-0.2, 0) is 0 Å². The van der Waals surface area contributed by atoms with E-state index in [9.17, 15) is 0 Å². The maximum absolute atomic E-state index is 5.70. The molecule has 0 amide bonds. The van der Waals surface area contributed by atoms with E-state index in [1.807, 2.05) is 18.2 Å². The van der Waals surface area contributed by atoms with Crippen LogP contribution in [0.15, 0.2) is 18.2 Å². The lowest BCUT2D eigenvalue weighted by Gasteiger charge is -1.88. The zero-order valence-corrected chi connectivity index (χ0v) is 7.12. The van der Waals surface area contributed by atoms with Crippen molar-refractivity contribution in [2.45, 2.75) is 0 Å². The minimum absolute atomic E-state index is 0.561. The Morgan fingerprint density at radius 3 is 3.09 bits per heavy atom. The van der Waals surface area contributed by atoms with Gasteiger partial charge in [0.2, 0.25) is 0 Å².